The Bertz CT molecular complexity index is 237. The summed E-state index contributed by atoms with van der Waals surface area (Å²) in [5.41, 5.74) is 0. The minimum Gasteiger partial charge on any atom is -0.480 e. The van der Waals surface area contributed by atoms with Crippen LogP contribution in [0.25, 0.3) is 0 Å². The third-order valence-corrected chi connectivity index (χ3v) is 2.30. The fourth-order valence-electron chi connectivity index (χ4n) is 1.50. The fourth-order valence-corrected chi connectivity index (χ4v) is 1.50. The van der Waals surface area contributed by atoms with E-state index >= 15 is 0 Å². The first-order valence-electron chi connectivity index (χ1n) is 5.35. The van der Waals surface area contributed by atoms with Gasteiger partial charge in [0.15, 0.2) is 0 Å². The summed E-state index contributed by atoms with van der Waals surface area (Å²) in [5.74, 6) is -1.13. The molecule has 1 amide bonds. The molecule has 0 aromatic rings. The van der Waals surface area contributed by atoms with E-state index in [1.807, 2.05) is 0 Å². The van der Waals surface area contributed by atoms with Gasteiger partial charge in [-0.15, -0.1) is 0 Å². The lowest BCUT2D eigenvalue weighted by molar-refractivity contribution is -0.142. The molecule has 0 aromatic carbocycles. The van der Waals surface area contributed by atoms with Crippen LogP contribution in [-0.2, 0) is 19.1 Å². The first kappa shape index (κ1) is 12.9. The molecular weight excluding hydrogens is 214 g/mol. The summed E-state index contributed by atoms with van der Waals surface area (Å²) in [6.45, 7) is 1.42. The summed E-state index contributed by atoms with van der Waals surface area (Å²) >= 11 is 0. The van der Waals surface area contributed by atoms with Gasteiger partial charge >= 0.3 is 5.97 Å². The zero-order chi connectivity index (χ0) is 11.8. The topological polar surface area (TPSA) is 84.9 Å². The van der Waals surface area contributed by atoms with E-state index in [1.54, 1.807) is 0 Å². The van der Waals surface area contributed by atoms with Crippen LogP contribution in [0.4, 0.5) is 0 Å². The van der Waals surface area contributed by atoms with E-state index in [2.05, 4.69) is 5.32 Å². The van der Waals surface area contributed by atoms with E-state index in [-0.39, 0.29) is 25.0 Å². The van der Waals surface area contributed by atoms with Gasteiger partial charge in [0.25, 0.3) is 0 Å². The van der Waals surface area contributed by atoms with Crippen molar-refractivity contribution in [2.45, 2.75) is 12.8 Å². The largest absolute Gasteiger partial charge is 0.480 e. The minimum absolute atomic E-state index is 0.0429. The van der Waals surface area contributed by atoms with Crippen LogP contribution in [0.3, 0.4) is 0 Å². The highest BCUT2D eigenvalue weighted by Crippen LogP contribution is 2.12. The lowest BCUT2D eigenvalue weighted by Crippen LogP contribution is -2.37. The average molecular weight is 231 g/mol. The molecule has 0 saturated carbocycles. The maximum atomic E-state index is 11.5. The first-order valence-corrected chi connectivity index (χ1v) is 5.35. The Morgan fingerprint density at radius 3 is 2.94 bits per heavy atom. The van der Waals surface area contributed by atoms with Crippen molar-refractivity contribution in [3.63, 3.8) is 0 Å². The second-order valence-corrected chi connectivity index (χ2v) is 3.65. The second-order valence-electron chi connectivity index (χ2n) is 3.65. The highest BCUT2D eigenvalue weighted by Gasteiger charge is 2.20. The Labute approximate surface area is 93.9 Å². The maximum Gasteiger partial charge on any atom is 0.329 e. The summed E-state index contributed by atoms with van der Waals surface area (Å²) in [6.07, 6.45) is 1.76. The Hall–Kier alpha value is -1.14. The van der Waals surface area contributed by atoms with Crippen molar-refractivity contribution in [2.75, 3.05) is 33.0 Å². The third-order valence-electron chi connectivity index (χ3n) is 2.30. The molecule has 1 atom stereocenters. The summed E-state index contributed by atoms with van der Waals surface area (Å²) in [5, 5.41) is 11.0. The molecule has 16 heavy (non-hydrogen) atoms. The molecular formula is C10H17NO5. The zero-order valence-corrected chi connectivity index (χ0v) is 9.11. The normalized spacial score (nSPS) is 20.4. The predicted octanol–water partition coefficient (Wildman–Crippen LogP) is -0.370. The molecule has 1 rings (SSSR count). The van der Waals surface area contributed by atoms with Crippen molar-refractivity contribution in [1.82, 2.24) is 5.32 Å². The van der Waals surface area contributed by atoms with Crippen LogP contribution in [-0.4, -0.2) is 50.0 Å². The van der Waals surface area contributed by atoms with Gasteiger partial charge < -0.3 is 19.9 Å². The number of aliphatic carboxylic acids is 1. The van der Waals surface area contributed by atoms with E-state index < -0.39 is 5.97 Å². The number of carboxylic acid groups (broad SMARTS) is 1. The highest BCUT2D eigenvalue weighted by atomic mass is 16.5. The number of hydrogen-bond donors (Lipinski definition) is 2. The van der Waals surface area contributed by atoms with Gasteiger partial charge in [0.1, 0.15) is 6.61 Å². The van der Waals surface area contributed by atoms with Crippen molar-refractivity contribution < 1.29 is 24.2 Å². The lowest BCUT2D eigenvalue weighted by atomic mass is 10.0. The van der Waals surface area contributed by atoms with Gasteiger partial charge in [0.05, 0.1) is 19.1 Å². The summed E-state index contributed by atoms with van der Waals surface area (Å²) in [7, 11) is 0. The van der Waals surface area contributed by atoms with Crippen LogP contribution in [0.5, 0.6) is 0 Å². The first-order chi connectivity index (χ1) is 7.70. The molecule has 1 saturated heterocycles. The molecule has 92 valence electrons. The second kappa shape index (κ2) is 7.19. The van der Waals surface area contributed by atoms with Gasteiger partial charge in [0, 0.05) is 13.2 Å². The summed E-state index contributed by atoms with van der Waals surface area (Å²) < 4.78 is 9.98. The number of amides is 1. The van der Waals surface area contributed by atoms with Gasteiger partial charge in [-0.3, -0.25) is 4.79 Å². The Balaban J connectivity index is 2.03. The quantitative estimate of drug-likeness (QED) is 0.609. The molecule has 2 N–H and O–H groups in total. The van der Waals surface area contributed by atoms with Gasteiger partial charge in [-0.05, 0) is 12.8 Å². The fraction of sp³-hybridized carbons (Fsp3) is 0.800. The average Bonchev–Trinajstić information content (AvgIpc) is 2.29. The van der Waals surface area contributed by atoms with E-state index in [1.165, 1.54) is 0 Å². The third kappa shape index (κ3) is 5.09. The van der Waals surface area contributed by atoms with Crippen LogP contribution in [0.15, 0.2) is 0 Å². The molecule has 1 fully saturated rings. The van der Waals surface area contributed by atoms with Gasteiger partial charge in [-0.2, -0.15) is 0 Å². The number of nitrogens with one attached hydrogen (secondary N) is 1. The number of carbonyl (C=O) groups excluding carboxylic acids is 1. The molecule has 0 bridgehead atoms. The molecule has 0 spiro atoms. The molecule has 6 heteroatoms. The monoisotopic (exact) mass is 231 g/mol. The Morgan fingerprint density at radius 2 is 2.31 bits per heavy atom. The van der Waals surface area contributed by atoms with Crippen molar-refractivity contribution in [2.24, 2.45) is 5.92 Å². The number of ether oxygens (including phenoxy) is 2. The lowest BCUT2D eigenvalue weighted by Gasteiger charge is -2.21. The predicted molar refractivity (Wildman–Crippen MR) is 55.0 cm³/mol. The van der Waals surface area contributed by atoms with Gasteiger partial charge in [0.2, 0.25) is 5.91 Å². The van der Waals surface area contributed by atoms with Crippen molar-refractivity contribution >= 4 is 11.9 Å². The summed E-state index contributed by atoms with van der Waals surface area (Å²) in [4.78, 5) is 21.6. The molecule has 1 unspecified atom stereocenters. The molecule has 0 radical (unpaired) electrons. The van der Waals surface area contributed by atoms with Crippen molar-refractivity contribution in [1.29, 1.82) is 0 Å². The van der Waals surface area contributed by atoms with Gasteiger partial charge in [-0.25, -0.2) is 4.79 Å². The van der Waals surface area contributed by atoms with Crippen LogP contribution < -0.4 is 5.32 Å². The standard InChI is InChI=1S/C10H17NO5/c12-9(13)7-16-5-3-11-10(14)8-2-1-4-15-6-8/h8H,1-7H2,(H,11,14)(H,12,13). The Morgan fingerprint density at radius 1 is 1.50 bits per heavy atom. The molecule has 0 aliphatic carbocycles. The van der Waals surface area contributed by atoms with E-state index in [0.29, 0.717) is 13.2 Å². The number of rotatable bonds is 6. The Kier molecular flexibility index (Phi) is 5.81. The van der Waals surface area contributed by atoms with E-state index in [4.69, 9.17) is 14.6 Å². The zero-order valence-electron chi connectivity index (χ0n) is 9.11. The van der Waals surface area contributed by atoms with Crippen molar-refractivity contribution in [3.8, 4) is 0 Å². The van der Waals surface area contributed by atoms with Crippen LogP contribution >= 0.6 is 0 Å². The highest BCUT2D eigenvalue weighted by molar-refractivity contribution is 5.78. The molecule has 1 heterocycles. The van der Waals surface area contributed by atoms with Crippen molar-refractivity contribution in [3.05, 3.63) is 0 Å². The molecule has 6 nitrogen and oxygen atoms in total. The van der Waals surface area contributed by atoms with Crippen LogP contribution in [0.1, 0.15) is 12.8 Å². The number of hydrogen-bond acceptors (Lipinski definition) is 4. The maximum absolute atomic E-state index is 11.5. The molecule has 0 aromatic heterocycles. The summed E-state index contributed by atoms with van der Waals surface area (Å²) in [6, 6.07) is 0. The van der Waals surface area contributed by atoms with Gasteiger partial charge in [-0.1, -0.05) is 0 Å². The van der Waals surface area contributed by atoms with E-state index in [9.17, 15) is 9.59 Å². The SMILES string of the molecule is O=C(O)COCCNC(=O)C1CCCOC1. The number of carboxylic acids is 1. The number of carbonyl (C=O) groups is 2. The van der Waals surface area contributed by atoms with Crippen LogP contribution in [0, 0.1) is 5.92 Å². The molecule has 1 aliphatic heterocycles. The van der Waals surface area contributed by atoms with Crippen LogP contribution in [0.2, 0.25) is 0 Å². The smallest absolute Gasteiger partial charge is 0.329 e. The van der Waals surface area contributed by atoms with E-state index in [0.717, 1.165) is 19.4 Å². The molecule has 1 aliphatic rings. The minimum atomic E-state index is -1.01.